The summed E-state index contributed by atoms with van der Waals surface area (Å²) in [6, 6.07) is 5.83. The van der Waals surface area contributed by atoms with E-state index in [1.165, 1.54) is 5.56 Å². The van der Waals surface area contributed by atoms with Crippen molar-refractivity contribution in [2.45, 2.75) is 63.7 Å². The van der Waals surface area contributed by atoms with Crippen molar-refractivity contribution in [1.29, 1.82) is 0 Å². The number of carbonyl (C=O) groups is 1. The van der Waals surface area contributed by atoms with Crippen LogP contribution in [0.15, 0.2) is 46.7 Å². The molecular formula is C28H35FN4O3. The van der Waals surface area contributed by atoms with Gasteiger partial charge in [-0.05, 0) is 61.4 Å². The Labute approximate surface area is 212 Å². The summed E-state index contributed by atoms with van der Waals surface area (Å²) in [6.07, 6.45) is 7.71. The summed E-state index contributed by atoms with van der Waals surface area (Å²) in [5.74, 6) is 1.08. The van der Waals surface area contributed by atoms with E-state index in [0.717, 1.165) is 62.7 Å². The van der Waals surface area contributed by atoms with Crippen molar-refractivity contribution in [1.82, 2.24) is 15.1 Å². The highest BCUT2D eigenvalue weighted by molar-refractivity contribution is 5.87. The first-order valence-electron chi connectivity index (χ1n) is 13.4. The fraction of sp³-hybridized carbons (Fsp3) is 0.571. The minimum Gasteiger partial charge on any atom is -0.493 e. The zero-order valence-electron chi connectivity index (χ0n) is 20.9. The second-order valence-corrected chi connectivity index (χ2v) is 10.5. The number of nitrogens with zero attached hydrogens (tertiary/aromatic N) is 3. The van der Waals surface area contributed by atoms with Crippen molar-refractivity contribution in [3.05, 3.63) is 52.9 Å². The number of aliphatic imine (C=N–C) groups is 1. The molecule has 3 unspecified atom stereocenters. The predicted molar refractivity (Wildman–Crippen MR) is 135 cm³/mol. The lowest BCUT2D eigenvalue weighted by atomic mass is 9.82. The normalized spacial score (nSPS) is 27.8. The molecular weight excluding hydrogens is 459 g/mol. The van der Waals surface area contributed by atoms with E-state index in [2.05, 4.69) is 22.3 Å². The lowest BCUT2D eigenvalue weighted by Crippen LogP contribution is -2.60. The first-order chi connectivity index (χ1) is 17.6. The Kier molecular flexibility index (Phi) is 6.46. The number of carbonyl (C=O) groups excluding carboxylic acids is 1. The van der Waals surface area contributed by atoms with E-state index < -0.39 is 12.0 Å². The Morgan fingerprint density at radius 2 is 2.06 bits per heavy atom. The van der Waals surface area contributed by atoms with Gasteiger partial charge in [0.2, 0.25) is 5.91 Å². The number of fused-ring (bicyclic) bond motifs is 1. The predicted octanol–water partition coefficient (Wildman–Crippen LogP) is 3.35. The average molecular weight is 495 g/mol. The lowest BCUT2D eigenvalue weighted by Gasteiger charge is -2.42. The van der Waals surface area contributed by atoms with Gasteiger partial charge in [-0.1, -0.05) is 18.2 Å². The first-order valence-corrected chi connectivity index (χ1v) is 13.4. The standard InChI is InChI=1S/C28H35FN4O3/c1-18-25(27(34)33(21-7-8-21)17-19-6-9-24-20(16-19)10-13-36-24)26(22-4-2-3-5-23(22)29)31-28(30-18)32-11-14-35-15-12-32/h3,5-6,9,16,18,21,25-26H,2,4,7-8,10-15,17H2,1H3,(H,30,31). The second-order valence-electron chi connectivity index (χ2n) is 10.5. The largest absolute Gasteiger partial charge is 0.493 e. The number of ether oxygens (including phenoxy) is 2. The van der Waals surface area contributed by atoms with Crippen molar-refractivity contribution >= 4 is 11.9 Å². The third kappa shape index (κ3) is 4.63. The molecule has 1 N–H and O–H groups in total. The van der Waals surface area contributed by atoms with Gasteiger partial charge in [0.15, 0.2) is 5.96 Å². The molecule has 2 aliphatic carbocycles. The van der Waals surface area contributed by atoms with Crippen LogP contribution in [0.4, 0.5) is 4.39 Å². The summed E-state index contributed by atoms with van der Waals surface area (Å²) in [5.41, 5.74) is 2.98. The van der Waals surface area contributed by atoms with Crippen molar-refractivity contribution in [3.63, 3.8) is 0 Å². The van der Waals surface area contributed by atoms with Crippen LogP contribution in [0, 0.1) is 5.92 Å². The maximum atomic E-state index is 15.1. The van der Waals surface area contributed by atoms with E-state index in [9.17, 15) is 4.79 Å². The SMILES string of the molecule is CC1NC(N2CCOCC2)=NC(C2=C(F)C=CCC2)C1C(=O)N(Cc1ccc2c(c1)CCO2)C1CC1. The topological polar surface area (TPSA) is 66.4 Å². The Balaban J connectivity index is 1.31. The van der Waals surface area contributed by atoms with Crippen molar-refractivity contribution in [2.24, 2.45) is 10.9 Å². The minimum absolute atomic E-state index is 0.0684. The van der Waals surface area contributed by atoms with Crippen LogP contribution < -0.4 is 10.1 Å². The molecule has 0 spiro atoms. The van der Waals surface area contributed by atoms with Crippen molar-refractivity contribution in [2.75, 3.05) is 32.9 Å². The second kappa shape index (κ2) is 9.88. The fourth-order valence-corrected chi connectivity index (χ4v) is 5.85. The Morgan fingerprint density at radius 1 is 1.22 bits per heavy atom. The number of amides is 1. The number of morpholine rings is 1. The number of hydrogen-bond donors (Lipinski definition) is 1. The summed E-state index contributed by atoms with van der Waals surface area (Å²) in [5, 5.41) is 3.51. The average Bonchev–Trinajstić information content (AvgIpc) is 3.63. The molecule has 0 aromatic heterocycles. The number of rotatable bonds is 5. The van der Waals surface area contributed by atoms with E-state index in [-0.39, 0.29) is 23.8 Å². The number of allylic oxidation sites excluding steroid dienone is 3. The van der Waals surface area contributed by atoms with Crippen LogP contribution in [0.2, 0.25) is 0 Å². The summed E-state index contributed by atoms with van der Waals surface area (Å²) in [6.45, 7) is 6.08. The van der Waals surface area contributed by atoms with Crippen LogP contribution in [0.25, 0.3) is 0 Å². The maximum Gasteiger partial charge on any atom is 0.230 e. The van der Waals surface area contributed by atoms with Gasteiger partial charge in [-0.25, -0.2) is 9.38 Å². The van der Waals surface area contributed by atoms with Crippen molar-refractivity contribution in [3.8, 4) is 5.75 Å². The number of benzene rings is 1. The summed E-state index contributed by atoms with van der Waals surface area (Å²) in [7, 11) is 0. The molecule has 3 aliphatic heterocycles. The number of nitrogens with one attached hydrogen (secondary N) is 1. The fourth-order valence-electron chi connectivity index (χ4n) is 5.85. The summed E-state index contributed by atoms with van der Waals surface area (Å²) < 4.78 is 26.3. The molecule has 7 nitrogen and oxygen atoms in total. The molecule has 5 aliphatic rings. The highest BCUT2D eigenvalue weighted by Crippen LogP contribution is 2.37. The van der Waals surface area contributed by atoms with E-state index >= 15 is 4.39 Å². The van der Waals surface area contributed by atoms with Gasteiger partial charge in [0.05, 0.1) is 31.8 Å². The third-order valence-electron chi connectivity index (χ3n) is 7.98. The smallest absolute Gasteiger partial charge is 0.230 e. The van der Waals surface area contributed by atoms with E-state index in [1.807, 2.05) is 24.0 Å². The molecule has 0 radical (unpaired) electrons. The molecule has 36 heavy (non-hydrogen) atoms. The van der Waals surface area contributed by atoms with Crippen LogP contribution >= 0.6 is 0 Å². The van der Waals surface area contributed by atoms with Crippen LogP contribution in [0.3, 0.4) is 0 Å². The number of halogens is 1. The van der Waals surface area contributed by atoms with Gasteiger partial charge in [0.25, 0.3) is 0 Å². The van der Waals surface area contributed by atoms with Crippen LogP contribution in [-0.4, -0.2) is 72.7 Å². The molecule has 6 rings (SSSR count). The number of guanidine groups is 1. The van der Waals surface area contributed by atoms with Gasteiger partial charge in [-0.3, -0.25) is 4.79 Å². The molecule has 2 fully saturated rings. The van der Waals surface area contributed by atoms with Crippen LogP contribution in [-0.2, 0) is 22.5 Å². The lowest BCUT2D eigenvalue weighted by molar-refractivity contribution is -0.138. The van der Waals surface area contributed by atoms with E-state index in [4.69, 9.17) is 14.5 Å². The molecule has 1 amide bonds. The molecule has 192 valence electrons. The molecule has 0 bridgehead atoms. The first kappa shape index (κ1) is 23.5. The molecule has 1 saturated carbocycles. The Hall–Kier alpha value is -2.87. The van der Waals surface area contributed by atoms with E-state index in [1.54, 1.807) is 6.08 Å². The molecule has 1 saturated heterocycles. The van der Waals surface area contributed by atoms with Gasteiger partial charge in [-0.2, -0.15) is 0 Å². The van der Waals surface area contributed by atoms with Crippen LogP contribution in [0.5, 0.6) is 5.75 Å². The minimum atomic E-state index is -0.508. The number of hydrogen-bond acceptors (Lipinski definition) is 6. The zero-order chi connectivity index (χ0) is 24.6. The molecule has 1 aromatic rings. The Bertz CT molecular complexity index is 1110. The van der Waals surface area contributed by atoms with Gasteiger partial charge < -0.3 is 24.6 Å². The summed E-state index contributed by atoms with van der Waals surface area (Å²) in [4.78, 5) is 23.5. The maximum absolute atomic E-state index is 15.1. The quantitative estimate of drug-likeness (QED) is 0.680. The van der Waals surface area contributed by atoms with E-state index in [0.29, 0.717) is 31.8 Å². The van der Waals surface area contributed by atoms with Gasteiger partial charge in [0.1, 0.15) is 11.6 Å². The molecule has 8 heteroatoms. The zero-order valence-corrected chi connectivity index (χ0v) is 20.9. The molecule has 3 atom stereocenters. The highest BCUT2D eigenvalue weighted by Gasteiger charge is 2.45. The summed E-state index contributed by atoms with van der Waals surface area (Å²) >= 11 is 0. The van der Waals surface area contributed by atoms with Gasteiger partial charge in [0, 0.05) is 38.1 Å². The van der Waals surface area contributed by atoms with Gasteiger partial charge >= 0.3 is 0 Å². The third-order valence-corrected chi connectivity index (χ3v) is 7.98. The molecule has 1 aromatic carbocycles. The Morgan fingerprint density at radius 3 is 2.83 bits per heavy atom. The molecule has 3 heterocycles. The monoisotopic (exact) mass is 494 g/mol. The highest BCUT2D eigenvalue weighted by atomic mass is 19.1. The van der Waals surface area contributed by atoms with Crippen molar-refractivity contribution < 1.29 is 18.7 Å². The van der Waals surface area contributed by atoms with Crippen LogP contribution in [0.1, 0.15) is 43.7 Å². The van der Waals surface area contributed by atoms with Gasteiger partial charge in [-0.15, -0.1) is 0 Å².